The van der Waals surface area contributed by atoms with Crippen LogP contribution in [0.1, 0.15) is 10.4 Å². The van der Waals surface area contributed by atoms with Crippen LogP contribution in [-0.4, -0.2) is 28.5 Å². The third kappa shape index (κ3) is 4.42. The Morgan fingerprint density at radius 2 is 2.04 bits per heavy atom. The lowest BCUT2D eigenvalue weighted by Crippen LogP contribution is -2.27. The Kier molecular flexibility index (Phi) is 5.50. The number of benzene rings is 1. The molecule has 0 bridgehead atoms. The number of anilines is 1. The number of amides is 1. The lowest BCUT2D eigenvalue weighted by atomic mass is 10.2. The number of nitro groups is 1. The third-order valence-corrected chi connectivity index (χ3v) is 3.46. The first-order valence-electron chi connectivity index (χ1n) is 6.84. The van der Waals surface area contributed by atoms with E-state index in [0.717, 1.165) is 16.7 Å². The predicted molar refractivity (Wildman–Crippen MR) is 88.8 cm³/mol. The second kappa shape index (κ2) is 7.58. The van der Waals surface area contributed by atoms with Gasteiger partial charge in [0.2, 0.25) is 5.91 Å². The van der Waals surface area contributed by atoms with Crippen LogP contribution in [-0.2, 0) is 16.1 Å². The van der Waals surface area contributed by atoms with Gasteiger partial charge in [-0.1, -0.05) is 11.6 Å². The summed E-state index contributed by atoms with van der Waals surface area (Å²) in [6.07, 6.45) is 1.19. The van der Waals surface area contributed by atoms with E-state index in [1.165, 1.54) is 31.5 Å². The smallest absolute Gasteiger partial charge is 0.339 e. The molecule has 1 aromatic heterocycles. The fourth-order valence-corrected chi connectivity index (χ4v) is 2.17. The Morgan fingerprint density at radius 3 is 2.68 bits per heavy atom. The van der Waals surface area contributed by atoms with Crippen LogP contribution in [0.5, 0.6) is 0 Å². The van der Waals surface area contributed by atoms with Crippen molar-refractivity contribution in [2.75, 3.05) is 12.4 Å². The van der Waals surface area contributed by atoms with Crippen molar-refractivity contribution in [1.82, 2.24) is 4.57 Å². The minimum Gasteiger partial charge on any atom is -0.465 e. The molecule has 0 spiro atoms. The number of aromatic nitrogens is 1. The number of pyridine rings is 1. The van der Waals surface area contributed by atoms with E-state index in [2.05, 4.69) is 10.1 Å². The summed E-state index contributed by atoms with van der Waals surface area (Å²) in [4.78, 5) is 45.5. The molecule has 0 fully saturated rings. The molecule has 0 aliphatic heterocycles. The van der Waals surface area contributed by atoms with Crippen LogP contribution in [0, 0.1) is 10.1 Å². The number of carbonyl (C=O) groups excluding carboxylic acids is 2. The highest BCUT2D eigenvalue weighted by molar-refractivity contribution is 6.32. The van der Waals surface area contributed by atoms with E-state index < -0.39 is 22.4 Å². The maximum absolute atomic E-state index is 12.1. The lowest BCUT2D eigenvalue weighted by molar-refractivity contribution is -0.384. The van der Waals surface area contributed by atoms with Crippen LogP contribution in [0.3, 0.4) is 0 Å². The normalized spacial score (nSPS) is 10.2. The number of rotatable bonds is 5. The summed E-state index contributed by atoms with van der Waals surface area (Å²) in [5.41, 5.74) is -0.593. The third-order valence-electron chi connectivity index (χ3n) is 3.15. The number of nitro benzene ring substituents is 1. The van der Waals surface area contributed by atoms with Gasteiger partial charge < -0.3 is 14.6 Å². The molecule has 0 radical (unpaired) electrons. The molecule has 130 valence electrons. The van der Waals surface area contributed by atoms with Crippen molar-refractivity contribution in [3.05, 3.63) is 67.6 Å². The highest BCUT2D eigenvalue weighted by Crippen LogP contribution is 2.27. The number of halogens is 1. The van der Waals surface area contributed by atoms with E-state index in [1.54, 1.807) is 0 Å². The van der Waals surface area contributed by atoms with Crippen LogP contribution in [0.2, 0.25) is 5.02 Å². The molecular formula is C15H12ClN3O6. The second-order valence-electron chi connectivity index (χ2n) is 4.85. The van der Waals surface area contributed by atoms with Crippen LogP contribution in [0.4, 0.5) is 11.4 Å². The van der Waals surface area contributed by atoms with Gasteiger partial charge >= 0.3 is 5.97 Å². The zero-order chi connectivity index (χ0) is 18.6. The molecule has 1 heterocycles. The molecule has 0 saturated carbocycles. The van der Waals surface area contributed by atoms with Gasteiger partial charge in [0.15, 0.2) is 0 Å². The summed E-state index contributed by atoms with van der Waals surface area (Å²) >= 11 is 5.70. The summed E-state index contributed by atoms with van der Waals surface area (Å²) in [5, 5.41) is 13.2. The maximum atomic E-state index is 12.1. The van der Waals surface area contributed by atoms with Crippen molar-refractivity contribution in [2.45, 2.75) is 6.54 Å². The molecule has 1 amide bonds. The summed E-state index contributed by atoms with van der Waals surface area (Å²) in [7, 11) is 1.19. The van der Waals surface area contributed by atoms with Gasteiger partial charge in [-0.3, -0.25) is 19.7 Å². The first-order chi connectivity index (χ1) is 11.8. The average Bonchev–Trinajstić information content (AvgIpc) is 2.57. The van der Waals surface area contributed by atoms with E-state index in [-0.39, 0.29) is 28.5 Å². The number of methoxy groups -OCH3 is 1. The van der Waals surface area contributed by atoms with Crippen LogP contribution >= 0.6 is 11.6 Å². The van der Waals surface area contributed by atoms with Crippen molar-refractivity contribution in [3.8, 4) is 0 Å². The van der Waals surface area contributed by atoms with E-state index in [4.69, 9.17) is 11.6 Å². The number of carbonyl (C=O) groups is 2. The molecule has 2 rings (SSSR count). The van der Waals surface area contributed by atoms with Crippen LogP contribution in [0.25, 0.3) is 0 Å². The maximum Gasteiger partial charge on any atom is 0.339 e. The highest BCUT2D eigenvalue weighted by atomic mass is 35.5. The standard InChI is InChI=1S/C15H12ClN3O6/c1-25-15(22)9-2-5-14(21)18(7-9)8-13(20)17-10-3-4-11(16)12(6-10)19(23)24/h2-7H,8H2,1H3,(H,17,20). The van der Waals surface area contributed by atoms with Gasteiger partial charge in [0, 0.05) is 24.0 Å². The number of nitrogens with one attached hydrogen (secondary N) is 1. The van der Waals surface area contributed by atoms with Gasteiger partial charge in [-0.15, -0.1) is 0 Å². The van der Waals surface area contributed by atoms with Gasteiger partial charge in [-0.05, 0) is 18.2 Å². The molecular weight excluding hydrogens is 354 g/mol. The van der Waals surface area contributed by atoms with Gasteiger partial charge in [0.05, 0.1) is 17.6 Å². The van der Waals surface area contributed by atoms with Crippen molar-refractivity contribution < 1.29 is 19.2 Å². The molecule has 25 heavy (non-hydrogen) atoms. The number of hydrogen-bond acceptors (Lipinski definition) is 6. The Hall–Kier alpha value is -3.20. The molecule has 0 aliphatic carbocycles. The Balaban J connectivity index is 2.18. The molecule has 0 unspecified atom stereocenters. The zero-order valence-corrected chi connectivity index (χ0v) is 13.6. The Morgan fingerprint density at radius 1 is 1.32 bits per heavy atom. The van der Waals surface area contributed by atoms with Gasteiger partial charge in [-0.2, -0.15) is 0 Å². The topological polar surface area (TPSA) is 121 Å². The molecule has 10 heteroatoms. The quantitative estimate of drug-likeness (QED) is 0.490. The van der Waals surface area contributed by atoms with Crippen molar-refractivity contribution >= 4 is 34.9 Å². The van der Waals surface area contributed by atoms with Gasteiger partial charge in [-0.25, -0.2) is 4.79 Å². The molecule has 0 atom stereocenters. The zero-order valence-electron chi connectivity index (χ0n) is 12.9. The first-order valence-corrected chi connectivity index (χ1v) is 7.22. The van der Waals surface area contributed by atoms with E-state index >= 15 is 0 Å². The summed E-state index contributed by atoms with van der Waals surface area (Å²) in [5.74, 6) is -1.26. The minimum atomic E-state index is -0.678. The monoisotopic (exact) mass is 365 g/mol. The number of nitrogens with zero attached hydrogens (tertiary/aromatic N) is 2. The fraction of sp³-hybridized carbons (Fsp3) is 0.133. The van der Waals surface area contributed by atoms with E-state index in [1.807, 2.05) is 0 Å². The highest BCUT2D eigenvalue weighted by Gasteiger charge is 2.15. The second-order valence-corrected chi connectivity index (χ2v) is 5.25. The molecule has 2 aromatic rings. The minimum absolute atomic E-state index is 0.0648. The molecule has 1 aromatic carbocycles. The number of esters is 1. The largest absolute Gasteiger partial charge is 0.465 e. The summed E-state index contributed by atoms with van der Waals surface area (Å²) < 4.78 is 5.57. The lowest BCUT2D eigenvalue weighted by Gasteiger charge is -2.09. The molecule has 9 nitrogen and oxygen atoms in total. The van der Waals surface area contributed by atoms with Crippen molar-refractivity contribution in [1.29, 1.82) is 0 Å². The van der Waals surface area contributed by atoms with Crippen LogP contribution < -0.4 is 10.9 Å². The summed E-state index contributed by atoms with van der Waals surface area (Å²) in [6.45, 7) is -0.389. The first kappa shape index (κ1) is 18.1. The van der Waals surface area contributed by atoms with Gasteiger partial charge in [0.25, 0.3) is 11.2 Å². The SMILES string of the molecule is COC(=O)c1ccc(=O)n(CC(=O)Nc2ccc(Cl)c([N+](=O)[O-])c2)c1. The van der Waals surface area contributed by atoms with Gasteiger partial charge in [0.1, 0.15) is 11.6 Å². The van der Waals surface area contributed by atoms with E-state index in [0.29, 0.717) is 0 Å². The predicted octanol–water partition coefficient (Wildman–Crippen LogP) is 1.84. The number of ether oxygens (including phenoxy) is 1. The molecule has 0 saturated heterocycles. The van der Waals surface area contributed by atoms with Crippen LogP contribution in [0.15, 0.2) is 41.3 Å². The van der Waals surface area contributed by atoms with E-state index in [9.17, 15) is 24.5 Å². The summed E-state index contributed by atoms with van der Waals surface area (Å²) in [6, 6.07) is 6.19. The molecule has 1 N–H and O–H groups in total. The van der Waals surface area contributed by atoms with Crippen molar-refractivity contribution in [3.63, 3.8) is 0 Å². The fourth-order valence-electron chi connectivity index (χ4n) is 1.98. The Labute approximate surface area is 145 Å². The Bertz CT molecular complexity index is 908. The number of hydrogen-bond donors (Lipinski definition) is 1. The molecule has 0 aliphatic rings. The van der Waals surface area contributed by atoms with Crippen molar-refractivity contribution in [2.24, 2.45) is 0 Å². The average molecular weight is 366 g/mol.